The molecule has 10 nitrogen and oxygen atoms in total. The number of methoxy groups -OCH3 is 2. The Balaban J connectivity index is 1.16. The summed E-state index contributed by atoms with van der Waals surface area (Å²) < 4.78 is 16.2. The van der Waals surface area contributed by atoms with Crippen molar-refractivity contribution < 1.29 is 19.0 Å². The van der Waals surface area contributed by atoms with Crippen molar-refractivity contribution in [3.8, 4) is 11.5 Å². The number of nitrogens with one attached hydrogen (secondary N) is 3. The first-order chi connectivity index (χ1) is 18.6. The minimum atomic E-state index is -0.0519. The molecule has 2 atom stereocenters. The molecule has 4 aromatic rings. The van der Waals surface area contributed by atoms with Crippen molar-refractivity contribution >= 4 is 34.1 Å². The Kier molecular flexibility index (Phi) is 6.55. The lowest BCUT2D eigenvalue weighted by molar-refractivity contribution is -0.117. The molecule has 196 valence electrons. The van der Waals surface area contributed by atoms with E-state index in [-0.39, 0.29) is 23.7 Å². The van der Waals surface area contributed by atoms with E-state index >= 15 is 0 Å². The van der Waals surface area contributed by atoms with Gasteiger partial charge in [-0.1, -0.05) is 6.07 Å². The van der Waals surface area contributed by atoms with Gasteiger partial charge in [-0.15, -0.1) is 0 Å². The summed E-state index contributed by atoms with van der Waals surface area (Å²) in [5.74, 6) is 3.76. The molecule has 3 N–H and O–H groups in total. The quantitative estimate of drug-likeness (QED) is 0.308. The lowest BCUT2D eigenvalue weighted by atomic mass is 9.99. The molecule has 3 heterocycles. The van der Waals surface area contributed by atoms with E-state index in [1.54, 1.807) is 20.4 Å². The molecule has 2 fully saturated rings. The summed E-state index contributed by atoms with van der Waals surface area (Å²) in [6.45, 7) is 1.44. The zero-order chi connectivity index (χ0) is 26.1. The number of carbonyl (C=O) groups excluding carboxylic acids is 1. The molecule has 1 saturated heterocycles. The summed E-state index contributed by atoms with van der Waals surface area (Å²) in [4.78, 5) is 22.1. The smallest absolute Gasteiger partial charge is 0.228 e. The fourth-order valence-corrected chi connectivity index (χ4v) is 5.01. The minimum Gasteiger partial charge on any atom is -0.497 e. The van der Waals surface area contributed by atoms with Gasteiger partial charge in [0.25, 0.3) is 0 Å². The van der Waals surface area contributed by atoms with Gasteiger partial charge >= 0.3 is 0 Å². The van der Waals surface area contributed by atoms with Gasteiger partial charge in [0.1, 0.15) is 11.6 Å². The highest BCUT2D eigenvalue weighted by molar-refractivity contribution is 5.96. The average molecular weight is 515 g/mol. The zero-order valence-electron chi connectivity index (χ0n) is 21.4. The maximum absolute atomic E-state index is 12.8. The number of nitrogens with zero attached hydrogens (tertiary/aromatic N) is 3. The third kappa shape index (κ3) is 4.87. The number of H-pyrrole nitrogens is 1. The van der Waals surface area contributed by atoms with Gasteiger partial charge in [0.15, 0.2) is 17.4 Å². The predicted octanol–water partition coefficient (Wildman–Crippen LogP) is 4.75. The lowest BCUT2D eigenvalue weighted by Gasteiger charge is -2.21. The molecule has 1 aliphatic carbocycles. The van der Waals surface area contributed by atoms with Crippen LogP contribution < -0.4 is 20.1 Å². The summed E-state index contributed by atoms with van der Waals surface area (Å²) in [6.07, 6.45) is 4.33. The van der Waals surface area contributed by atoms with E-state index in [9.17, 15) is 4.79 Å². The molecule has 10 heteroatoms. The van der Waals surface area contributed by atoms with Crippen molar-refractivity contribution in [2.45, 2.75) is 31.1 Å². The Morgan fingerprint density at radius 3 is 2.63 bits per heavy atom. The van der Waals surface area contributed by atoms with E-state index < -0.39 is 0 Å². The van der Waals surface area contributed by atoms with Gasteiger partial charge < -0.3 is 24.8 Å². The molecular formula is C28H30N6O4. The van der Waals surface area contributed by atoms with Crippen molar-refractivity contribution in [2.24, 2.45) is 5.92 Å². The molecule has 1 saturated carbocycles. The Hall–Kier alpha value is -4.18. The summed E-state index contributed by atoms with van der Waals surface area (Å²) >= 11 is 0. The van der Waals surface area contributed by atoms with Crippen molar-refractivity contribution in [2.75, 3.05) is 38.1 Å². The minimum absolute atomic E-state index is 0.0309. The van der Waals surface area contributed by atoms with E-state index in [0.29, 0.717) is 17.4 Å². The van der Waals surface area contributed by atoms with E-state index in [1.807, 2.05) is 30.3 Å². The van der Waals surface area contributed by atoms with Crippen LogP contribution in [-0.4, -0.2) is 53.5 Å². The van der Waals surface area contributed by atoms with Crippen LogP contribution in [0.1, 0.15) is 42.5 Å². The number of anilines is 3. The number of aromatic nitrogens is 4. The topological polar surface area (TPSA) is 123 Å². The number of ether oxygens (including phenoxy) is 3. The second-order valence-electron chi connectivity index (χ2n) is 9.70. The summed E-state index contributed by atoms with van der Waals surface area (Å²) in [5.41, 5.74) is 2.77. The van der Waals surface area contributed by atoms with E-state index in [4.69, 9.17) is 19.2 Å². The van der Waals surface area contributed by atoms with Gasteiger partial charge in [-0.2, -0.15) is 5.10 Å². The second-order valence-corrected chi connectivity index (χ2v) is 9.70. The van der Waals surface area contributed by atoms with E-state index in [1.165, 1.54) is 0 Å². The number of fused-ring (bicyclic) bond motifs is 1. The van der Waals surface area contributed by atoms with Gasteiger partial charge in [-0.3, -0.25) is 9.89 Å². The highest BCUT2D eigenvalue weighted by atomic mass is 16.5. The number of amides is 1. The van der Waals surface area contributed by atoms with Crippen LogP contribution in [0.3, 0.4) is 0 Å². The predicted molar refractivity (Wildman–Crippen MR) is 143 cm³/mol. The molecule has 2 aliphatic rings. The van der Waals surface area contributed by atoms with E-state index in [2.05, 4.69) is 37.9 Å². The molecule has 2 aromatic carbocycles. The summed E-state index contributed by atoms with van der Waals surface area (Å²) in [5, 5.41) is 14.9. The van der Waals surface area contributed by atoms with Crippen LogP contribution >= 0.6 is 0 Å². The fourth-order valence-electron chi connectivity index (χ4n) is 5.01. The number of hydrogen-bond donors (Lipinski definition) is 3. The van der Waals surface area contributed by atoms with Gasteiger partial charge in [0.2, 0.25) is 5.91 Å². The Morgan fingerprint density at radius 2 is 1.87 bits per heavy atom. The van der Waals surface area contributed by atoms with Crippen molar-refractivity contribution in [1.82, 2.24) is 20.2 Å². The maximum atomic E-state index is 12.8. The Labute approximate surface area is 220 Å². The third-order valence-electron chi connectivity index (χ3n) is 7.32. The van der Waals surface area contributed by atoms with Crippen molar-refractivity contribution in [3.05, 3.63) is 60.0 Å². The summed E-state index contributed by atoms with van der Waals surface area (Å²) in [6, 6.07) is 13.5. The third-order valence-corrected chi connectivity index (χ3v) is 7.32. The Morgan fingerprint density at radius 1 is 1.05 bits per heavy atom. The fraction of sp³-hybridized carbons (Fsp3) is 0.357. The lowest BCUT2D eigenvalue weighted by Crippen LogP contribution is -2.17. The van der Waals surface area contributed by atoms with Crippen LogP contribution in [0.4, 0.5) is 17.3 Å². The van der Waals surface area contributed by atoms with Crippen LogP contribution in [0.15, 0.2) is 48.7 Å². The van der Waals surface area contributed by atoms with Crippen LogP contribution in [0.5, 0.6) is 11.5 Å². The Bertz CT molecular complexity index is 1450. The molecule has 1 amide bonds. The number of benzene rings is 2. The molecule has 1 aliphatic heterocycles. The standard InChI is InChI=1S/C28H30N6O4/c1-36-19-6-4-18(5-7-19)30-28(35)22-14-21(22)17-3-8-20-23(13-17)33-34-26(20)32-27-24(37-2)15-29-25(31-27)16-9-11-38-12-10-16/h3-8,13,15-16,21-22H,9-12,14H2,1-2H3,(H,30,35)(H2,29,31,32,33,34)/t21-,22?/m0/s1. The van der Waals surface area contributed by atoms with Gasteiger partial charge in [-0.05, 0) is 67.1 Å². The molecule has 1 unspecified atom stereocenters. The number of aromatic amines is 1. The first kappa shape index (κ1) is 24.2. The first-order valence-electron chi connectivity index (χ1n) is 12.8. The van der Waals surface area contributed by atoms with Crippen LogP contribution in [0.25, 0.3) is 10.9 Å². The van der Waals surface area contributed by atoms with Gasteiger partial charge in [0.05, 0.1) is 25.9 Å². The van der Waals surface area contributed by atoms with Crippen LogP contribution in [-0.2, 0) is 9.53 Å². The molecule has 38 heavy (non-hydrogen) atoms. The zero-order valence-corrected chi connectivity index (χ0v) is 21.4. The monoisotopic (exact) mass is 514 g/mol. The maximum Gasteiger partial charge on any atom is 0.228 e. The van der Waals surface area contributed by atoms with Crippen molar-refractivity contribution in [1.29, 1.82) is 0 Å². The van der Waals surface area contributed by atoms with Crippen LogP contribution in [0, 0.1) is 5.92 Å². The first-order valence-corrected chi connectivity index (χ1v) is 12.8. The average Bonchev–Trinajstić information content (AvgIpc) is 3.68. The normalized spacial score (nSPS) is 19.2. The van der Waals surface area contributed by atoms with E-state index in [0.717, 1.165) is 66.2 Å². The molecule has 0 spiro atoms. The highest BCUT2D eigenvalue weighted by Crippen LogP contribution is 2.48. The molecule has 6 rings (SSSR count). The second kappa shape index (κ2) is 10.3. The molecule has 2 aromatic heterocycles. The number of rotatable bonds is 8. The van der Waals surface area contributed by atoms with Gasteiger partial charge in [0, 0.05) is 36.1 Å². The number of carbonyl (C=O) groups is 1. The molecule has 0 bridgehead atoms. The number of hydrogen-bond acceptors (Lipinski definition) is 8. The highest BCUT2D eigenvalue weighted by Gasteiger charge is 2.44. The summed E-state index contributed by atoms with van der Waals surface area (Å²) in [7, 11) is 3.22. The SMILES string of the molecule is COc1ccc(NC(=O)C2C[C@H]2c2ccc3c(Nc4nc(C5CCOCC5)ncc4OC)n[nH]c3c2)cc1. The van der Waals surface area contributed by atoms with Crippen LogP contribution in [0.2, 0.25) is 0 Å². The largest absolute Gasteiger partial charge is 0.497 e. The van der Waals surface area contributed by atoms with Gasteiger partial charge in [-0.25, -0.2) is 9.97 Å². The molecular weight excluding hydrogens is 484 g/mol. The van der Waals surface area contributed by atoms with Crippen molar-refractivity contribution in [3.63, 3.8) is 0 Å². The molecule has 0 radical (unpaired) electrons.